The van der Waals surface area contributed by atoms with Gasteiger partial charge in [0.1, 0.15) is 6.54 Å². The van der Waals surface area contributed by atoms with E-state index in [4.69, 9.17) is 9.47 Å². The molecule has 0 aromatic heterocycles. The third-order valence-electron chi connectivity index (χ3n) is 5.08. The van der Waals surface area contributed by atoms with Crippen LogP contribution in [0.1, 0.15) is 37.8 Å². The van der Waals surface area contributed by atoms with Gasteiger partial charge in [-0.05, 0) is 62.1 Å². The maximum atomic E-state index is 13.6. The molecule has 170 valence electrons. The summed E-state index contributed by atoms with van der Waals surface area (Å²) in [5, 5.41) is 2.92. The lowest BCUT2D eigenvalue weighted by atomic mass is 10.1. The summed E-state index contributed by atoms with van der Waals surface area (Å²) in [6, 6.07) is 9.86. The molecule has 0 heterocycles. The van der Waals surface area contributed by atoms with Gasteiger partial charge in [-0.1, -0.05) is 19.9 Å². The molecule has 0 aliphatic rings. The summed E-state index contributed by atoms with van der Waals surface area (Å²) in [7, 11) is -1.13. The fourth-order valence-corrected chi connectivity index (χ4v) is 4.83. The van der Waals surface area contributed by atoms with Crippen molar-refractivity contribution < 1.29 is 22.7 Å². The van der Waals surface area contributed by atoms with Crippen LogP contribution in [0.15, 0.2) is 41.3 Å². The zero-order valence-corrected chi connectivity index (χ0v) is 19.9. The molecule has 0 fully saturated rings. The van der Waals surface area contributed by atoms with Crippen LogP contribution in [0.2, 0.25) is 0 Å². The molecule has 2 aromatic carbocycles. The van der Waals surface area contributed by atoms with Gasteiger partial charge >= 0.3 is 0 Å². The maximum Gasteiger partial charge on any atom is 0.264 e. The fourth-order valence-electron chi connectivity index (χ4n) is 3.41. The molecule has 1 N–H and O–H groups in total. The lowest BCUT2D eigenvalue weighted by molar-refractivity contribution is -0.120. The minimum Gasteiger partial charge on any atom is -0.493 e. The molecule has 0 spiro atoms. The molecular formula is C23H32N2O5S. The second-order valence-corrected chi connectivity index (χ2v) is 9.32. The van der Waals surface area contributed by atoms with Crippen molar-refractivity contribution in [1.82, 2.24) is 5.32 Å². The average Bonchev–Trinajstić information content (AvgIpc) is 2.74. The monoisotopic (exact) mass is 448 g/mol. The van der Waals surface area contributed by atoms with Crippen LogP contribution in [-0.4, -0.2) is 41.1 Å². The summed E-state index contributed by atoms with van der Waals surface area (Å²) >= 11 is 0. The highest BCUT2D eigenvalue weighted by Crippen LogP contribution is 2.32. The van der Waals surface area contributed by atoms with Crippen molar-refractivity contribution in [3.05, 3.63) is 47.5 Å². The van der Waals surface area contributed by atoms with E-state index in [9.17, 15) is 13.2 Å². The summed E-state index contributed by atoms with van der Waals surface area (Å²) in [6.45, 7) is 7.42. The first-order valence-corrected chi connectivity index (χ1v) is 11.7. The fraction of sp³-hybridized carbons (Fsp3) is 0.435. The topological polar surface area (TPSA) is 84.9 Å². The maximum absolute atomic E-state index is 13.6. The van der Waals surface area contributed by atoms with Gasteiger partial charge in [-0.2, -0.15) is 0 Å². The molecule has 1 amide bonds. The molecule has 0 saturated heterocycles. The number of hydrogen-bond donors (Lipinski definition) is 1. The minimum absolute atomic E-state index is 0.00243. The van der Waals surface area contributed by atoms with Crippen molar-refractivity contribution in [1.29, 1.82) is 0 Å². The van der Waals surface area contributed by atoms with Crippen LogP contribution in [-0.2, 0) is 14.8 Å². The first-order valence-electron chi connectivity index (χ1n) is 10.3. The molecule has 8 heteroatoms. The summed E-state index contributed by atoms with van der Waals surface area (Å²) in [5.41, 5.74) is 2.25. The number of nitrogens with one attached hydrogen (secondary N) is 1. The van der Waals surface area contributed by atoms with Gasteiger partial charge in [0.2, 0.25) is 5.91 Å². The number of rotatable bonds is 10. The highest BCUT2D eigenvalue weighted by Gasteiger charge is 2.29. The number of carbonyl (C=O) groups is 1. The molecule has 2 aromatic rings. The molecule has 0 saturated carbocycles. The molecule has 0 atom stereocenters. The Morgan fingerprint density at radius 2 is 1.55 bits per heavy atom. The van der Waals surface area contributed by atoms with Crippen LogP contribution in [0.4, 0.5) is 5.69 Å². The van der Waals surface area contributed by atoms with E-state index in [0.29, 0.717) is 17.2 Å². The van der Waals surface area contributed by atoms with Crippen LogP contribution in [0.5, 0.6) is 11.5 Å². The van der Waals surface area contributed by atoms with Gasteiger partial charge in [0.25, 0.3) is 10.0 Å². The quantitative estimate of drug-likeness (QED) is 0.597. The number of sulfonamides is 1. The molecule has 7 nitrogen and oxygen atoms in total. The molecule has 2 rings (SSSR count). The van der Waals surface area contributed by atoms with Crippen molar-refractivity contribution in [3.8, 4) is 11.5 Å². The number of anilines is 1. The van der Waals surface area contributed by atoms with Crippen LogP contribution in [0, 0.1) is 13.8 Å². The lowest BCUT2D eigenvalue weighted by Gasteiger charge is -2.26. The predicted octanol–water partition coefficient (Wildman–Crippen LogP) is 3.82. The second-order valence-electron chi connectivity index (χ2n) is 7.46. The summed E-state index contributed by atoms with van der Waals surface area (Å²) in [6.07, 6.45) is 1.54. The number of carbonyl (C=O) groups excluding carboxylic acids is 1. The number of benzene rings is 2. The van der Waals surface area contributed by atoms with Gasteiger partial charge in [-0.3, -0.25) is 9.10 Å². The Bertz CT molecular complexity index is 996. The van der Waals surface area contributed by atoms with Gasteiger partial charge in [-0.15, -0.1) is 0 Å². The number of methoxy groups -OCH3 is 2. The van der Waals surface area contributed by atoms with Crippen LogP contribution < -0.4 is 19.1 Å². The normalized spacial score (nSPS) is 11.3. The molecule has 0 bridgehead atoms. The number of hydrogen-bond acceptors (Lipinski definition) is 5. The smallest absolute Gasteiger partial charge is 0.264 e. The largest absolute Gasteiger partial charge is 0.493 e. The Morgan fingerprint density at radius 1 is 0.968 bits per heavy atom. The van der Waals surface area contributed by atoms with E-state index >= 15 is 0 Å². The SMILES string of the molecule is CCC(CC)NC(=O)CN(c1cc(C)cc(C)c1)S(=O)(=O)c1ccc(OC)c(OC)c1. The van der Waals surface area contributed by atoms with Gasteiger partial charge < -0.3 is 14.8 Å². The Balaban J connectivity index is 2.54. The highest BCUT2D eigenvalue weighted by atomic mass is 32.2. The van der Waals surface area contributed by atoms with Crippen molar-refractivity contribution in [3.63, 3.8) is 0 Å². The lowest BCUT2D eigenvalue weighted by Crippen LogP contribution is -2.44. The Morgan fingerprint density at radius 3 is 2.06 bits per heavy atom. The van der Waals surface area contributed by atoms with Crippen molar-refractivity contribution in [2.75, 3.05) is 25.1 Å². The van der Waals surface area contributed by atoms with Crippen LogP contribution >= 0.6 is 0 Å². The predicted molar refractivity (Wildman–Crippen MR) is 123 cm³/mol. The van der Waals surface area contributed by atoms with E-state index in [1.807, 2.05) is 33.8 Å². The number of amides is 1. The van der Waals surface area contributed by atoms with E-state index in [2.05, 4.69) is 5.32 Å². The zero-order valence-electron chi connectivity index (χ0n) is 19.1. The van der Waals surface area contributed by atoms with Crippen LogP contribution in [0.3, 0.4) is 0 Å². The van der Waals surface area contributed by atoms with Crippen molar-refractivity contribution in [2.24, 2.45) is 0 Å². The van der Waals surface area contributed by atoms with E-state index in [1.165, 1.54) is 32.4 Å². The Kier molecular flexibility index (Phi) is 8.33. The highest BCUT2D eigenvalue weighted by molar-refractivity contribution is 7.92. The number of aryl methyl sites for hydroxylation is 2. The third kappa shape index (κ3) is 5.91. The summed E-state index contributed by atoms with van der Waals surface area (Å²) < 4.78 is 38.9. The Hall–Kier alpha value is -2.74. The van der Waals surface area contributed by atoms with E-state index in [-0.39, 0.29) is 23.4 Å². The number of nitrogens with zero attached hydrogens (tertiary/aromatic N) is 1. The summed E-state index contributed by atoms with van der Waals surface area (Å²) in [4.78, 5) is 12.8. The standard InChI is InChI=1S/C23H32N2O5S/c1-7-18(8-2)24-23(26)15-25(19-12-16(3)11-17(4)13-19)31(27,28)20-9-10-21(29-5)22(14-20)30-6/h9-14,18H,7-8,15H2,1-6H3,(H,24,26). The van der Waals surface area contributed by atoms with E-state index < -0.39 is 10.0 Å². The molecule has 31 heavy (non-hydrogen) atoms. The van der Waals surface area contributed by atoms with Crippen LogP contribution in [0.25, 0.3) is 0 Å². The number of ether oxygens (including phenoxy) is 2. The van der Waals surface area contributed by atoms with Gasteiger partial charge in [0.05, 0.1) is 24.8 Å². The van der Waals surface area contributed by atoms with Gasteiger partial charge in [-0.25, -0.2) is 8.42 Å². The van der Waals surface area contributed by atoms with Crippen molar-refractivity contribution >= 4 is 21.6 Å². The minimum atomic E-state index is -4.05. The molecular weight excluding hydrogens is 416 g/mol. The van der Waals surface area contributed by atoms with Gasteiger partial charge in [0, 0.05) is 12.1 Å². The molecule has 0 unspecified atom stereocenters. The first-order chi connectivity index (χ1) is 14.7. The summed E-state index contributed by atoms with van der Waals surface area (Å²) in [5.74, 6) is 0.369. The van der Waals surface area contributed by atoms with E-state index in [1.54, 1.807) is 12.1 Å². The Labute approximate surface area is 185 Å². The molecule has 0 aliphatic heterocycles. The zero-order chi connectivity index (χ0) is 23.2. The molecule has 0 radical (unpaired) electrons. The van der Waals surface area contributed by atoms with Crippen molar-refractivity contribution in [2.45, 2.75) is 51.5 Å². The second kappa shape index (κ2) is 10.5. The van der Waals surface area contributed by atoms with Gasteiger partial charge in [0.15, 0.2) is 11.5 Å². The first kappa shape index (κ1) is 24.5. The molecule has 0 aliphatic carbocycles. The third-order valence-corrected chi connectivity index (χ3v) is 6.85. The van der Waals surface area contributed by atoms with E-state index in [0.717, 1.165) is 28.3 Å². The average molecular weight is 449 g/mol.